The fourth-order valence-electron chi connectivity index (χ4n) is 3.24. The highest BCUT2D eigenvalue weighted by Crippen LogP contribution is 2.19. The number of carboxylic acids is 1. The Morgan fingerprint density at radius 3 is 2.67 bits per heavy atom. The number of fused-ring (bicyclic) bond motifs is 2. The van der Waals surface area contributed by atoms with Crippen molar-refractivity contribution in [3.8, 4) is 0 Å². The normalized spacial score (nSPS) is 26.5. The molecule has 150 valence electrons. The molecule has 0 spiro atoms. The van der Waals surface area contributed by atoms with Crippen LogP contribution in [0.2, 0.25) is 0 Å². The van der Waals surface area contributed by atoms with E-state index in [1.165, 1.54) is 6.42 Å². The monoisotopic (exact) mass is 376 g/mol. The van der Waals surface area contributed by atoms with Gasteiger partial charge in [-0.05, 0) is 62.6 Å². The number of aliphatic hydroxyl groups is 1. The Kier molecular flexibility index (Phi) is 8.91. The average molecular weight is 376 g/mol. The van der Waals surface area contributed by atoms with E-state index in [2.05, 4.69) is 17.1 Å². The van der Waals surface area contributed by atoms with Gasteiger partial charge in [-0.1, -0.05) is 18.6 Å². The van der Waals surface area contributed by atoms with Crippen LogP contribution in [0, 0.1) is 0 Å². The molecule has 1 aromatic rings. The molecule has 1 aromatic heterocycles. The summed E-state index contributed by atoms with van der Waals surface area (Å²) < 4.78 is 5.52. The predicted octanol–water partition coefficient (Wildman–Crippen LogP) is 2.63. The summed E-state index contributed by atoms with van der Waals surface area (Å²) in [6, 6.07) is 2.78. The maximum Gasteiger partial charge on any atom is 0.337 e. The number of allylic oxidation sites excluding steroid dienone is 2. The highest BCUT2D eigenvalue weighted by atomic mass is 16.5. The van der Waals surface area contributed by atoms with Crippen LogP contribution in [0.3, 0.4) is 0 Å². The first kappa shape index (κ1) is 21.5. The zero-order chi connectivity index (χ0) is 19.5. The molecule has 0 aromatic carbocycles. The first-order valence-electron chi connectivity index (χ1n) is 9.90. The van der Waals surface area contributed by atoms with Gasteiger partial charge in [-0.3, -0.25) is 4.98 Å². The number of pyridine rings is 1. The number of hydrogen-bond acceptors (Lipinski definition) is 5. The van der Waals surface area contributed by atoms with Crippen molar-refractivity contribution in [3.63, 3.8) is 0 Å². The smallest absolute Gasteiger partial charge is 0.337 e. The Balaban J connectivity index is 2.11. The minimum atomic E-state index is -2.10. The molecule has 0 amide bonds. The fourth-order valence-corrected chi connectivity index (χ4v) is 3.24. The molecule has 2 bridgehead atoms. The van der Waals surface area contributed by atoms with Gasteiger partial charge in [-0.15, -0.1) is 0 Å². The van der Waals surface area contributed by atoms with E-state index in [0.717, 1.165) is 50.5 Å². The lowest BCUT2D eigenvalue weighted by Crippen LogP contribution is -2.57. The molecule has 2 rings (SSSR count). The van der Waals surface area contributed by atoms with E-state index in [-0.39, 0.29) is 13.0 Å². The van der Waals surface area contributed by atoms with Crippen LogP contribution in [-0.4, -0.2) is 46.0 Å². The lowest BCUT2D eigenvalue weighted by Gasteiger charge is -2.29. The molecule has 0 saturated heterocycles. The maximum atomic E-state index is 11.7. The van der Waals surface area contributed by atoms with E-state index in [1.807, 2.05) is 12.1 Å². The van der Waals surface area contributed by atoms with Gasteiger partial charge in [0.2, 0.25) is 0 Å². The number of nitrogens with two attached hydrogens (primary N) is 1. The summed E-state index contributed by atoms with van der Waals surface area (Å²) in [6.45, 7) is 0.503. The first-order valence-corrected chi connectivity index (χ1v) is 9.90. The molecule has 4 N–H and O–H groups in total. The third kappa shape index (κ3) is 7.05. The molecule has 0 saturated carbocycles. The lowest BCUT2D eigenvalue weighted by atomic mass is 9.89. The quantitative estimate of drug-likeness (QED) is 0.651. The number of aromatic nitrogens is 1. The van der Waals surface area contributed by atoms with Crippen LogP contribution < -0.4 is 5.73 Å². The Morgan fingerprint density at radius 1 is 1.19 bits per heavy atom. The molecular formula is C21H32N2O4. The predicted molar refractivity (Wildman–Crippen MR) is 104 cm³/mol. The van der Waals surface area contributed by atoms with Crippen LogP contribution in [0.4, 0.5) is 0 Å². The van der Waals surface area contributed by atoms with Crippen LogP contribution >= 0.6 is 0 Å². The van der Waals surface area contributed by atoms with Gasteiger partial charge >= 0.3 is 5.97 Å². The molecule has 1 unspecified atom stereocenters. The van der Waals surface area contributed by atoms with Crippen LogP contribution in [0.25, 0.3) is 0 Å². The lowest BCUT2D eigenvalue weighted by molar-refractivity contribution is -0.162. The topological polar surface area (TPSA) is 106 Å². The second kappa shape index (κ2) is 11.2. The molecule has 6 heteroatoms. The van der Waals surface area contributed by atoms with Crippen LogP contribution in [0.5, 0.6) is 0 Å². The van der Waals surface area contributed by atoms with Crippen molar-refractivity contribution in [2.75, 3.05) is 13.2 Å². The minimum Gasteiger partial charge on any atom is -0.479 e. The van der Waals surface area contributed by atoms with Gasteiger partial charge in [0.1, 0.15) is 0 Å². The van der Waals surface area contributed by atoms with E-state index >= 15 is 0 Å². The van der Waals surface area contributed by atoms with Crippen LogP contribution in [0.15, 0.2) is 30.5 Å². The molecule has 2 atom stereocenters. The first-order chi connectivity index (χ1) is 13.0. The van der Waals surface area contributed by atoms with Gasteiger partial charge < -0.3 is 20.7 Å². The van der Waals surface area contributed by atoms with E-state index < -0.39 is 17.6 Å². The summed E-state index contributed by atoms with van der Waals surface area (Å²) in [5.74, 6) is -1.35. The van der Waals surface area contributed by atoms with E-state index in [1.54, 1.807) is 6.20 Å². The van der Waals surface area contributed by atoms with Gasteiger partial charge in [-0.2, -0.15) is 0 Å². The van der Waals surface area contributed by atoms with Crippen molar-refractivity contribution < 1.29 is 19.7 Å². The number of aliphatic carboxylic acids is 1. The van der Waals surface area contributed by atoms with Crippen molar-refractivity contribution in [2.45, 2.75) is 69.4 Å². The molecule has 6 nitrogen and oxygen atoms in total. The zero-order valence-electron chi connectivity index (χ0n) is 16.0. The summed E-state index contributed by atoms with van der Waals surface area (Å²) in [5.41, 5.74) is 5.53. The summed E-state index contributed by atoms with van der Waals surface area (Å²) in [5, 5.41) is 20.3. The van der Waals surface area contributed by atoms with Crippen LogP contribution in [-0.2, 0) is 22.4 Å². The van der Waals surface area contributed by atoms with E-state index in [4.69, 9.17) is 10.5 Å². The molecule has 0 fully saturated rings. The molecular weight excluding hydrogens is 344 g/mol. The minimum absolute atomic E-state index is 0.00166. The molecule has 2 heterocycles. The Labute approximate surface area is 161 Å². The largest absolute Gasteiger partial charge is 0.479 e. The summed E-state index contributed by atoms with van der Waals surface area (Å²) in [6.07, 6.45) is 14.4. The van der Waals surface area contributed by atoms with Crippen molar-refractivity contribution in [1.82, 2.24) is 4.98 Å². The number of hydrogen-bond donors (Lipinski definition) is 3. The summed E-state index contributed by atoms with van der Waals surface area (Å²) in [7, 11) is 0. The standard InChI is InChI=1S/C21H32N2O4/c22-19-16-27-13-9-7-5-3-1-2-4-6-8-10-17-11-12-23-18(14-17)15-21(19,26)20(24)25/h1,3,11-12,14,19,26H,2,4-10,13,15-16,22H2,(H,24,25)/t19?,21-/m1/s1. The van der Waals surface area contributed by atoms with Crippen LogP contribution in [0.1, 0.15) is 56.2 Å². The second-order valence-electron chi connectivity index (χ2n) is 7.31. The average Bonchev–Trinajstić information content (AvgIpc) is 2.64. The highest BCUT2D eigenvalue weighted by Gasteiger charge is 2.43. The second-order valence-corrected chi connectivity index (χ2v) is 7.31. The molecule has 1 aliphatic rings. The fraction of sp³-hybridized carbons (Fsp3) is 0.619. The Bertz CT molecular complexity index is 620. The number of nitrogens with zero attached hydrogens (tertiary/aromatic N) is 1. The SMILES string of the molecule is NC1COCCCCC=CCCCCCc2ccnc(c2)C[C@]1(O)C(=O)O. The third-order valence-corrected chi connectivity index (χ3v) is 5.03. The zero-order valence-corrected chi connectivity index (χ0v) is 16.0. The van der Waals surface area contributed by atoms with Gasteiger partial charge in [0.05, 0.1) is 12.6 Å². The molecule has 0 aliphatic carbocycles. The van der Waals surface area contributed by atoms with Crippen molar-refractivity contribution in [2.24, 2.45) is 5.73 Å². The maximum absolute atomic E-state index is 11.7. The van der Waals surface area contributed by atoms with Crippen molar-refractivity contribution >= 4 is 5.97 Å². The van der Waals surface area contributed by atoms with Gasteiger partial charge in [0, 0.05) is 24.9 Å². The number of carboxylic acid groups (broad SMARTS) is 1. The Morgan fingerprint density at radius 2 is 1.93 bits per heavy atom. The van der Waals surface area contributed by atoms with Gasteiger partial charge in [0.15, 0.2) is 5.60 Å². The Hall–Kier alpha value is -1.76. The van der Waals surface area contributed by atoms with Gasteiger partial charge in [-0.25, -0.2) is 4.79 Å². The third-order valence-electron chi connectivity index (χ3n) is 5.03. The number of aryl methyl sites for hydroxylation is 1. The van der Waals surface area contributed by atoms with Gasteiger partial charge in [0.25, 0.3) is 0 Å². The van der Waals surface area contributed by atoms with E-state index in [9.17, 15) is 15.0 Å². The number of carbonyl (C=O) groups is 1. The summed E-state index contributed by atoms with van der Waals surface area (Å²) in [4.78, 5) is 16.0. The van der Waals surface area contributed by atoms with Crippen molar-refractivity contribution in [3.05, 3.63) is 41.7 Å². The molecule has 27 heavy (non-hydrogen) atoms. The van der Waals surface area contributed by atoms with Crippen molar-refractivity contribution in [1.29, 1.82) is 0 Å². The highest BCUT2D eigenvalue weighted by molar-refractivity contribution is 5.78. The number of rotatable bonds is 1. The summed E-state index contributed by atoms with van der Waals surface area (Å²) >= 11 is 0. The molecule has 0 radical (unpaired) electrons. The van der Waals surface area contributed by atoms with E-state index in [0.29, 0.717) is 12.3 Å². The number of ether oxygens (including phenoxy) is 1. The molecule has 1 aliphatic heterocycles.